The Labute approximate surface area is 299 Å². The number of ketones is 1. The Morgan fingerprint density at radius 3 is 2.33 bits per heavy atom. The lowest BCUT2D eigenvalue weighted by molar-refractivity contribution is 0.0371. The Kier molecular flexibility index (Phi) is 11.3. The summed E-state index contributed by atoms with van der Waals surface area (Å²) in [6, 6.07) is 28.8. The normalized spacial score (nSPS) is 13.5. The van der Waals surface area contributed by atoms with Crippen molar-refractivity contribution < 1.29 is 23.8 Å². The molecular formula is C42H46N4O5. The number of pyridine rings is 1. The molecule has 0 saturated carbocycles. The third-order valence-corrected chi connectivity index (χ3v) is 9.07. The summed E-state index contributed by atoms with van der Waals surface area (Å²) in [5, 5.41) is 7.66. The van der Waals surface area contributed by atoms with Crippen LogP contribution in [0.1, 0.15) is 60.8 Å². The van der Waals surface area contributed by atoms with Crippen molar-refractivity contribution in [1.82, 2.24) is 9.88 Å². The first-order valence-corrected chi connectivity index (χ1v) is 17.5. The van der Waals surface area contributed by atoms with Gasteiger partial charge in [-0.3, -0.25) is 14.7 Å². The van der Waals surface area contributed by atoms with Crippen molar-refractivity contribution in [1.29, 1.82) is 0 Å². The highest BCUT2D eigenvalue weighted by molar-refractivity contribution is 6.09. The summed E-state index contributed by atoms with van der Waals surface area (Å²) in [5.41, 5.74) is 4.24. The molecule has 4 aromatic carbocycles. The van der Waals surface area contributed by atoms with Gasteiger partial charge in [0.2, 0.25) is 0 Å². The van der Waals surface area contributed by atoms with E-state index >= 15 is 0 Å². The molecule has 1 fully saturated rings. The number of hydrogen-bond acceptors (Lipinski definition) is 7. The lowest BCUT2D eigenvalue weighted by atomic mass is 9.84. The van der Waals surface area contributed by atoms with Gasteiger partial charge in [-0.25, -0.2) is 4.79 Å². The van der Waals surface area contributed by atoms with E-state index in [0.29, 0.717) is 47.0 Å². The topological polar surface area (TPSA) is 102 Å². The van der Waals surface area contributed by atoms with Crippen molar-refractivity contribution in [2.24, 2.45) is 0 Å². The fourth-order valence-corrected chi connectivity index (χ4v) is 6.30. The molecule has 1 aliphatic rings. The molecule has 1 saturated heterocycles. The average molecular weight is 687 g/mol. The Hall–Kier alpha value is -5.25. The van der Waals surface area contributed by atoms with Crippen LogP contribution >= 0.6 is 0 Å². The van der Waals surface area contributed by atoms with Crippen LogP contribution in [-0.2, 0) is 16.6 Å². The summed E-state index contributed by atoms with van der Waals surface area (Å²) in [6.07, 6.45) is 3.56. The van der Waals surface area contributed by atoms with E-state index in [1.54, 1.807) is 6.20 Å². The van der Waals surface area contributed by atoms with Crippen LogP contribution < -0.4 is 20.1 Å². The van der Waals surface area contributed by atoms with Crippen LogP contribution in [0.2, 0.25) is 0 Å². The van der Waals surface area contributed by atoms with E-state index in [1.165, 1.54) is 12.7 Å². The molecule has 9 heteroatoms. The molecule has 0 aliphatic carbocycles. The van der Waals surface area contributed by atoms with Gasteiger partial charge in [-0.1, -0.05) is 75.4 Å². The Balaban J connectivity index is 1.20. The summed E-state index contributed by atoms with van der Waals surface area (Å²) in [6.45, 7) is 10.3. The van der Waals surface area contributed by atoms with Gasteiger partial charge in [0.15, 0.2) is 11.5 Å². The number of fused-ring (bicyclic) bond motifs is 1. The summed E-state index contributed by atoms with van der Waals surface area (Å²) in [4.78, 5) is 34.1. The molecule has 0 spiro atoms. The van der Waals surface area contributed by atoms with Crippen LogP contribution in [0.4, 0.5) is 16.2 Å². The smallest absolute Gasteiger partial charge is 0.323 e. The lowest BCUT2D eigenvalue weighted by Gasteiger charge is -2.26. The molecule has 0 radical (unpaired) electrons. The van der Waals surface area contributed by atoms with Crippen molar-refractivity contribution in [3.63, 3.8) is 0 Å². The van der Waals surface area contributed by atoms with Gasteiger partial charge >= 0.3 is 6.03 Å². The number of urea groups is 1. The number of carbonyl (C=O) groups excluding carboxylic acids is 2. The molecule has 0 atom stereocenters. The molecule has 1 aromatic heterocycles. The van der Waals surface area contributed by atoms with Gasteiger partial charge in [0.05, 0.1) is 37.3 Å². The first-order chi connectivity index (χ1) is 24.7. The number of hydrogen-bond donors (Lipinski definition) is 2. The molecule has 0 bridgehead atoms. The van der Waals surface area contributed by atoms with Crippen LogP contribution in [0, 0.1) is 0 Å². The number of anilines is 2. The monoisotopic (exact) mass is 686 g/mol. The molecule has 0 unspecified atom stereocenters. The van der Waals surface area contributed by atoms with Crippen molar-refractivity contribution in [3.8, 4) is 17.2 Å². The number of aromatic nitrogens is 1. The number of benzene rings is 4. The highest BCUT2D eigenvalue weighted by Crippen LogP contribution is 2.38. The van der Waals surface area contributed by atoms with Crippen molar-refractivity contribution in [3.05, 3.63) is 120 Å². The number of amides is 2. The number of morpholine rings is 1. The Morgan fingerprint density at radius 2 is 1.59 bits per heavy atom. The first kappa shape index (κ1) is 35.6. The zero-order valence-corrected chi connectivity index (χ0v) is 29.8. The fraction of sp³-hybridized carbons (Fsp3) is 0.310. The van der Waals surface area contributed by atoms with E-state index < -0.39 is 6.03 Å². The van der Waals surface area contributed by atoms with E-state index in [-0.39, 0.29) is 11.2 Å². The predicted molar refractivity (Wildman–Crippen MR) is 203 cm³/mol. The molecule has 51 heavy (non-hydrogen) atoms. The van der Waals surface area contributed by atoms with Crippen molar-refractivity contribution in [2.45, 2.75) is 45.4 Å². The molecule has 2 heterocycles. The summed E-state index contributed by atoms with van der Waals surface area (Å²) in [7, 11) is 1.53. The molecular weight excluding hydrogens is 640 g/mol. The number of ether oxygens (including phenoxy) is 3. The van der Waals surface area contributed by atoms with Gasteiger partial charge in [-0.2, -0.15) is 0 Å². The van der Waals surface area contributed by atoms with Crippen LogP contribution in [0.15, 0.2) is 97.2 Å². The standard InChI is InChI=1S/C42H46N4O5/c1-42(2,3)30-26-35(38(47)15-10-20-46-21-23-50-24-22-46)40(49-4)37(27-30)45-41(48)44-36-16-17-39(34-14-9-8-13-33(34)36)51-32-18-19-43-31(28-32)25-29-11-6-5-7-12-29/h5-9,11-14,16-19,26-28H,10,15,20-25H2,1-4H3,(H2,44,45,48). The zero-order valence-electron chi connectivity index (χ0n) is 29.8. The van der Waals surface area contributed by atoms with Gasteiger partial charge in [0.25, 0.3) is 0 Å². The quantitative estimate of drug-likeness (QED) is 0.126. The second-order valence-electron chi connectivity index (χ2n) is 13.8. The number of nitrogens with zero attached hydrogens (tertiary/aromatic N) is 2. The zero-order chi connectivity index (χ0) is 35.8. The van der Waals surface area contributed by atoms with E-state index in [9.17, 15) is 9.59 Å². The van der Waals surface area contributed by atoms with Crippen LogP contribution in [0.3, 0.4) is 0 Å². The van der Waals surface area contributed by atoms with Gasteiger partial charge in [-0.15, -0.1) is 0 Å². The number of Topliss-reactive ketones (excluding diaryl/α,β-unsaturated/α-hetero) is 1. The molecule has 9 nitrogen and oxygen atoms in total. The number of methoxy groups -OCH3 is 1. The summed E-state index contributed by atoms with van der Waals surface area (Å²) in [5.74, 6) is 1.67. The van der Waals surface area contributed by atoms with Gasteiger partial charge < -0.3 is 24.8 Å². The van der Waals surface area contributed by atoms with Gasteiger partial charge in [0, 0.05) is 54.7 Å². The van der Waals surface area contributed by atoms with E-state index in [0.717, 1.165) is 61.3 Å². The van der Waals surface area contributed by atoms with Crippen molar-refractivity contribution >= 4 is 34.0 Å². The summed E-state index contributed by atoms with van der Waals surface area (Å²) >= 11 is 0. The third kappa shape index (κ3) is 9.11. The van der Waals surface area contributed by atoms with E-state index in [1.807, 2.05) is 78.9 Å². The fourth-order valence-electron chi connectivity index (χ4n) is 6.30. The Bertz CT molecular complexity index is 1980. The average Bonchev–Trinajstić information content (AvgIpc) is 3.13. The SMILES string of the molecule is COc1c(NC(=O)Nc2ccc(Oc3ccnc(Cc4ccccc4)c3)c3ccccc23)cc(C(C)(C)C)cc1C(=O)CCCN1CCOCC1. The number of rotatable bonds is 12. The molecule has 1 aliphatic heterocycles. The third-order valence-electron chi connectivity index (χ3n) is 9.07. The van der Waals surface area contributed by atoms with Gasteiger partial charge in [0.1, 0.15) is 11.5 Å². The summed E-state index contributed by atoms with van der Waals surface area (Å²) < 4.78 is 17.6. The molecule has 5 aromatic rings. The molecule has 2 amide bonds. The predicted octanol–water partition coefficient (Wildman–Crippen LogP) is 8.86. The second-order valence-corrected chi connectivity index (χ2v) is 13.8. The second kappa shape index (κ2) is 16.2. The first-order valence-electron chi connectivity index (χ1n) is 17.5. The maximum Gasteiger partial charge on any atom is 0.323 e. The highest BCUT2D eigenvalue weighted by Gasteiger charge is 2.24. The largest absolute Gasteiger partial charge is 0.494 e. The van der Waals surface area contributed by atoms with Crippen LogP contribution in [0.5, 0.6) is 17.2 Å². The molecule has 6 rings (SSSR count). The number of carbonyl (C=O) groups is 2. The maximum absolute atomic E-state index is 13.6. The lowest BCUT2D eigenvalue weighted by Crippen LogP contribution is -2.36. The van der Waals surface area contributed by atoms with Crippen LogP contribution in [0.25, 0.3) is 10.8 Å². The minimum atomic E-state index is -0.455. The molecule has 264 valence electrons. The van der Waals surface area contributed by atoms with Crippen molar-refractivity contribution in [2.75, 3.05) is 50.6 Å². The van der Waals surface area contributed by atoms with Gasteiger partial charge in [-0.05, 0) is 59.8 Å². The minimum absolute atomic E-state index is 0.0161. The van der Waals surface area contributed by atoms with E-state index in [2.05, 4.69) is 53.4 Å². The van der Waals surface area contributed by atoms with E-state index in [4.69, 9.17) is 14.2 Å². The highest BCUT2D eigenvalue weighted by atomic mass is 16.5. The maximum atomic E-state index is 13.6. The van der Waals surface area contributed by atoms with Crippen LogP contribution in [-0.4, -0.2) is 61.7 Å². The number of nitrogens with one attached hydrogen (secondary N) is 2. The Morgan fingerprint density at radius 1 is 0.863 bits per heavy atom. The minimum Gasteiger partial charge on any atom is -0.494 e. The molecule has 2 N–H and O–H groups in total.